The largest absolute Gasteiger partial charge is 0.508 e. The van der Waals surface area contributed by atoms with Crippen molar-refractivity contribution >= 4 is 47.2 Å². The highest BCUT2D eigenvalue weighted by atomic mass is 127. The summed E-state index contributed by atoms with van der Waals surface area (Å²) in [7, 11) is 0. The van der Waals surface area contributed by atoms with Gasteiger partial charge in [-0.1, -0.05) is 6.07 Å². The lowest BCUT2D eigenvalue weighted by Gasteiger charge is -2.11. The van der Waals surface area contributed by atoms with E-state index in [0.29, 0.717) is 55.6 Å². The summed E-state index contributed by atoms with van der Waals surface area (Å²) >= 11 is 0.980. The van der Waals surface area contributed by atoms with E-state index in [1.54, 1.807) is 12.1 Å². The molecule has 0 saturated heterocycles. The summed E-state index contributed by atoms with van der Waals surface area (Å²) in [5.41, 5.74) is -0.486. The third-order valence-electron chi connectivity index (χ3n) is 3.82. The van der Waals surface area contributed by atoms with Crippen LogP contribution in [0, 0.1) is 0 Å². The predicted molar refractivity (Wildman–Crippen MR) is 125 cm³/mol. The molecule has 0 unspecified atom stereocenters. The van der Waals surface area contributed by atoms with E-state index >= 15 is 0 Å². The van der Waals surface area contributed by atoms with Crippen LogP contribution >= 0.6 is 35.3 Å². The van der Waals surface area contributed by atoms with Crippen LogP contribution in [-0.2, 0) is 12.6 Å². The van der Waals surface area contributed by atoms with Crippen LogP contribution in [0.2, 0.25) is 0 Å². The number of amides is 1. The van der Waals surface area contributed by atoms with Gasteiger partial charge in [-0.05, 0) is 31.5 Å². The Morgan fingerprint density at radius 3 is 2.65 bits per heavy atom. The van der Waals surface area contributed by atoms with Crippen molar-refractivity contribution in [1.82, 2.24) is 20.9 Å². The first-order valence-corrected chi connectivity index (χ1v) is 10.3. The molecule has 0 aliphatic carbocycles. The van der Waals surface area contributed by atoms with Crippen molar-refractivity contribution in [1.29, 1.82) is 0 Å². The molecule has 0 bridgehead atoms. The van der Waals surface area contributed by atoms with Gasteiger partial charge in [0, 0.05) is 43.5 Å². The van der Waals surface area contributed by atoms with E-state index in [0.717, 1.165) is 16.7 Å². The molecule has 4 N–H and O–H groups in total. The third-order valence-corrected chi connectivity index (χ3v) is 4.73. The average Bonchev–Trinajstić information content (AvgIpc) is 3.17. The first-order chi connectivity index (χ1) is 14.3. The summed E-state index contributed by atoms with van der Waals surface area (Å²) in [4.78, 5) is 20.0. The van der Waals surface area contributed by atoms with Crippen molar-refractivity contribution in [3.63, 3.8) is 0 Å². The Morgan fingerprint density at radius 1 is 1.23 bits per heavy atom. The Bertz CT molecular complexity index is 861. The molecular formula is C19H25F3IN5O2S. The molecule has 2 rings (SSSR count). The lowest BCUT2D eigenvalue weighted by Crippen LogP contribution is -2.38. The molecule has 172 valence electrons. The number of benzene rings is 1. The van der Waals surface area contributed by atoms with Gasteiger partial charge in [-0.3, -0.25) is 9.79 Å². The highest BCUT2D eigenvalue weighted by molar-refractivity contribution is 14.0. The van der Waals surface area contributed by atoms with Gasteiger partial charge in [-0.2, -0.15) is 13.2 Å². The van der Waals surface area contributed by atoms with Gasteiger partial charge in [0.2, 0.25) is 0 Å². The number of phenolic OH excluding ortho intramolecular Hbond substituents is 1. The van der Waals surface area contributed by atoms with Gasteiger partial charge >= 0.3 is 6.18 Å². The molecule has 1 aromatic heterocycles. The standard InChI is InChI=1S/C19H24F3N5O2S.HI/c1-2-23-18(26-10-7-16-27-15(12-30-16)19(20,21)22)25-9-4-8-24-17(29)13-5-3-6-14(28)11-13;/h3,5-6,11-12,28H,2,4,7-10H2,1H3,(H,24,29)(H2,23,25,26);1H. The summed E-state index contributed by atoms with van der Waals surface area (Å²) in [6.45, 7) is 3.80. The number of rotatable bonds is 9. The Balaban J connectivity index is 0.00000480. The van der Waals surface area contributed by atoms with Gasteiger partial charge in [0.15, 0.2) is 11.7 Å². The summed E-state index contributed by atoms with van der Waals surface area (Å²) in [6, 6.07) is 6.09. The van der Waals surface area contributed by atoms with Crippen LogP contribution in [-0.4, -0.2) is 48.1 Å². The Hall–Kier alpha value is -2.09. The fourth-order valence-electron chi connectivity index (χ4n) is 2.41. The van der Waals surface area contributed by atoms with Crippen LogP contribution in [0.1, 0.15) is 34.4 Å². The summed E-state index contributed by atoms with van der Waals surface area (Å²) in [6.07, 6.45) is -3.47. The highest BCUT2D eigenvalue weighted by Crippen LogP contribution is 2.29. The lowest BCUT2D eigenvalue weighted by atomic mass is 10.2. The van der Waals surface area contributed by atoms with Gasteiger partial charge in [0.25, 0.3) is 5.91 Å². The van der Waals surface area contributed by atoms with Crippen molar-refractivity contribution in [3.8, 4) is 5.75 Å². The second-order valence-corrected chi connectivity index (χ2v) is 7.16. The van der Waals surface area contributed by atoms with Crippen molar-refractivity contribution in [2.24, 2.45) is 4.99 Å². The molecule has 0 atom stereocenters. The maximum absolute atomic E-state index is 12.6. The number of carbonyl (C=O) groups excluding carboxylic acids is 1. The highest BCUT2D eigenvalue weighted by Gasteiger charge is 2.33. The molecule has 0 spiro atoms. The summed E-state index contributed by atoms with van der Waals surface area (Å²) in [5, 5.41) is 19.7. The van der Waals surface area contributed by atoms with Gasteiger partial charge in [-0.15, -0.1) is 35.3 Å². The molecule has 0 aliphatic rings. The van der Waals surface area contributed by atoms with Crippen molar-refractivity contribution in [2.45, 2.75) is 25.9 Å². The van der Waals surface area contributed by atoms with Gasteiger partial charge in [0.1, 0.15) is 5.75 Å². The van der Waals surface area contributed by atoms with Gasteiger partial charge < -0.3 is 21.1 Å². The van der Waals surface area contributed by atoms with E-state index < -0.39 is 11.9 Å². The monoisotopic (exact) mass is 571 g/mol. The van der Waals surface area contributed by atoms with Crippen molar-refractivity contribution in [3.05, 3.63) is 45.9 Å². The number of thiazole rings is 1. The molecule has 12 heteroatoms. The second kappa shape index (κ2) is 13.3. The van der Waals surface area contributed by atoms with Crippen LogP contribution < -0.4 is 16.0 Å². The molecular weight excluding hydrogens is 546 g/mol. The number of carbonyl (C=O) groups is 1. The molecule has 0 saturated carbocycles. The van der Waals surface area contributed by atoms with Crippen LogP contribution in [0.3, 0.4) is 0 Å². The fourth-order valence-corrected chi connectivity index (χ4v) is 3.21. The van der Waals surface area contributed by atoms with Crippen LogP contribution in [0.4, 0.5) is 13.2 Å². The number of phenols is 1. The SMILES string of the molecule is CCNC(=NCCCNC(=O)c1cccc(O)c1)NCCc1nc(C(F)(F)F)cs1.I. The van der Waals surface area contributed by atoms with Crippen LogP contribution in [0.5, 0.6) is 5.75 Å². The molecule has 0 fully saturated rings. The number of nitrogens with one attached hydrogen (secondary N) is 3. The third kappa shape index (κ3) is 9.72. The minimum atomic E-state index is -4.42. The van der Waals surface area contributed by atoms with E-state index in [1.165, 1.54) is 12.1 Å². The molecule has 1 aromatic carbocycles. The minimum Gasteiger partial charge on any atom is -0.508 e. The van der Waals surface area contributed by atoms with E-state index in [9.17, 15) is 23.1 Å². The maximum Gasteiger partial charge on any atom is 0.434 e. The lowest BCUT2D eigenvalue weighted by molar-refractivity contribution is -0.140. The normalized spacial score (nSPS) is 11.5. The fraction of sp³-hybridized carbons (Fsp3) is 0.421. The number of aromatic nitrogens is 1. The number of alkyl halides is 3. The van der Waals surface area contributed by atoms with Crippen LogP contribution in [0.25, 0.3) is 0 Å². The number of nitrogens with zero attached hydrogens (tertiary/aromatic N) is 2. The quantitative estimate of drug-likeness (QED) is 0.160. The van der Waals surface area contributed by atoms with Crippen LogP contribution in [0.15, 0.2) is 34.6 Å². The number of hydrogen-bond acceptors (Lipinski definition) is 5. The molecule has 2 aromatic rings. The Morgan fingerprint density at radius 2 is 2.00 bits per heavy atom. The minimum absolute atomic E-state index is 0. The van der Waals surface area contributed by atoms with Crippen molar-refractivity contribution in [2.75, 3.05) is 26.2 Å². The number of guanidine groups is 1. The molecule has 31 heavy (non-hydrogen) atoms. The van der Waals surface area contributed by atoms with E-state index in [-0.39, 0.29) is 35.6 Å². The average molecular weight is 571 g/mol. The zero-order chi connectivity index (χ0) is 22.0. The first-order valence-electron chi connectivity index (χ1n) is 9.40. The Labute approximate surface area is 199 Å². The number of aromatic hydroxyl groups is 1. The Kier molecular flexibility index (Phi) is 11.6. The summed E-state index contributed by atoms with van der Waals surface area (Å²) in [5.74, 6) is 0.298. The molecule has 1 heterocycles. The zero-order valence-corrected chi connectivity index (χ0v) is 20.0. The molecule has 0 aliphatic heterocycles. The number of halogens is 4. The molecule has 0 radical (unpaired) electrons. The van der Waals surface area contributed by atoms with Gasteiger partial charge in [-0.25, -0.2) is 4.98 Å². The van der Waals surface area contributed by atoms with Gasteiger partial charge in [0.05, 0.1) is 5.01 Å². The smallest absolute Gasteiger partial charge is 0.434 e. The van der Waals surface area contributed by atoms with Crippen molar-refractivity contribution < 1.29 is 23.1 Å². The molecule has 1 amide bonds. The number of hydrogen-bond donors (Lipinski definition) is 4. The van der Waals surface area contributed by atoms with E-state index in [2.05, 4.69) is 25.9 Å². The molecule has 7 nitrogen and oxygen atoms in total. The maximum atomic E-state index is 12.6. The number of aliphatic imine (C=N–C) groups is 1. The van der Waals surface area contributed by atoms with E-state index in [4.69, 9.17) is 0 Å². The van der Waals surface area contributed by atoms with E-state index in [1.807, 2.05) is 6.92 Å². The second-order valence-electron chi connectivity index (χ2n) is 6.22. The zero-order valence-electron chi connectivity index (χ0n) is 16.8. The predicted octanol–water partition coefficient (Wildman–Crippen LogP) is 3.40. The summed E-state index contributed by atoms with van der Waals surface area (Å²) < 4.78 is 37.7. The first kappa shape index (κ1) is 26.9. The topological polar surface area (TPSA) is 98.6 Å².